The zero-order valence-corrected chi connectivity index (χ0v) is 13.6. The van der Waals surface area contributed by atoms with Crippen LogP contribution in [0.15, 0.2) is 34.7 Å². The van der Waals surface area contributed by atoms with Gasteiger partial charge in [-0.25, -0.2) is 0 Å². The molecule has 122 valence electrons. The third kappa shape index (κ3) is 4.00. The number of carboxylic acid groups (broad SMARTS) is 1. The van der Waals surface area contributed by atoms with E-state index in [9.17, 15) is 9.59 Å². The molecule has 2 aromatic rings. The molecular formula is C18H21NO4. The highest BCUT2D eigenvalue weighted by molar-refractivity contribution is 5.92. The highest BCUT2D eigenvalue weighted by Crippen LogP contribution is 2.22. The van der Waals surface area contributed by atoms with E-state index >= 15 is 0 Å². The number of hydrogen-bond donors (Lipinski definition) is 2. The summed E-state index contributed by atoms with van der Waals surface area (Å²) >= 11 is 0. The van der Waals surface area contributed by atoms with Gasteiger partial charge < -0.3 is 14.8 Å². The number of aliphatic carboxylic acids is 1. The van der Waals surface area contributed by atoms with E-state index in [1.807, 2.05) is 45.0 Å². The van der Waals surface area contributed by atoms with Crippen LogP contribution in [0.4, 0.5) is 0 Å². The smallest absolute Gasteiger partial charge is 0.305 e. The van der Waals surface area contributed by atoms with Crippen LogP contribution in [-0.4, -0.2) is 17.0 Å². The summed E-state index contributed by atoms with van der Waals surface area (Å²) in [4.78, 5) is 23.5. The molecule has 23 heavy (non-hydrogen) atoms. The van der Waals surface area contributed by atoms with Crippen molar-refractivity contribution >= 4 is 11.9 Å². The lowest BCUT2D eigenvalue weighted by atomic mass is 9.98. The van der Waals surface area contributed by atoms with Crippen molar-refractivity contribution in [3.05, 3.63) is 58.5 Å². The van der Waals surface area contributed by atoms with Gasteiger partial charge >= 0.3 is 5.97 Å². The number of benzene rings is 1. The number of nitrogens with one attached hydrogen (secondary N) is 1. The van der Waals surface area contributed by atoms with Crippen LogP contribution < -0.4 is 5.32 Å². The topological polar surface area (TPSA) is 79.5 Å². The predicted molar refractivity (Wildman–Crippen MR) is 86.5 cm³/mol. The van der Waals surface area contributed by atoms with Crippen molar-refractivity contribution in [3.63, 3.8) is 0 Å². The van der Waals surface area contributed by atoms with Crippen molar-refractivity contribution < 1.29 is 19.1 Å². The van der Waals surface area contributed by atoms with Crippen LogP contribution in [0, 0.1) is 13.8 Å². The van der Waals surface area contributed by atoms with E-state index in [2.05, 4.69) is 5.32 Å². The molecule has 5 heteroatoms. The molecule has 0 fully saturated rings. The summed E-state index contributed by atoms with van der Waals surface area (Å²) in [5.74, 6) is -0.394. The molecule has 2 rings (SSSR count). The molecule has 0 saturated heterocycles. The van der Waals surface area contributed by atoms with Crippen LogP contribution in [0.3, 0.4) is 0 Å². The second-order valence-electron chi connectivity index (χ2n) is 5.55. The Morgan fingerprint density at radius 2 is 1.91 bits per heavy atom. The molecular weight excluding hydrogens is 294 g/mol. The summed E-state index contributed by atoms with van der Waals surface area (Å²) in [6.07, 6.45) is 0.520. The lowest BCUT2D eigenvalue weighted by Crippen LogP contribution is -2.30. The Kier molecular flexibility index (Phi) is 5.21. The van der Waals surface area contributed by atoms with E-state index < -0.39 is 17.9 Å². The minimum Gasteiger partial charge on any atom is -0.481 e. The normalized spacial score (nSPS) is 12.0. The van der Waals surface area contributed by atoms with Gasteiger partial charge in [-0.3, -0.25) is 9.59 Å². The second kappa shape index (κ2) is 7.13. The number of carbonyl (C=O) groups excluding carboxylic acids is 1. The van der Waals surface area contributed by atoms with Crippen molar-refractivity contribution in [3.8, 4) is 0 Å². The zero-order valence-electron chi connectivity index (χ0n) is 13.6. The summed E-state index contributed by atoms with van der Waals surface area (Å²) in [5.41, 5.74) is 2.65. The molecule has 1 aromatic heterocycles. The fourth-order valence-corrected chi connectivity index (χ4v) is 2.60. The Bertz CT molecular complexity index is 718. The molecule has 5 nitrogen and oxygen atoms in total. The summed E-state index contributed by atoms with van der Waals surface area (Å²) < 4.78 is 5.54. The molecule has 1 atom stereocenters. The Balaban J connectivity index is 2.25. The second-order valence-corrected chi connectivity index (χ2v) is 5.55. The molecule has 2 N–H and O–H groups in total. The Labute approximate surface area is 135 Å². The average molecular weight is 315 g/mol. The van der Waals surface area contributed by atoms with Gasteiger partial charge in [0.25, 0.3) is 5.91 Å². The Hall–Kier alpha value is -2.56. The van der Waals surface area contributed by atoms with Gasteiger partial charge in [0.05, 0.1) is 12.5 Å². The minimum absolute atomic E-state index is 0.184. The first-order chi connectivity index (χ1) is 10.9. The van der Waals surface area contributed by atoms with Crippen molar-refractivity contribution in [2.75, 3.05) is 0 Å². The van der Waals surface area contributed by atoms with Gasteiger partial charge in [0, 0.05) is 6.42 Å². The summed E-state index contributed by atoms with van der Waals surface area (Å²) in [7, 11) is 0. The molecule has 1 aromatic carbocycles. The van der Waals surface area contributed by atoms with Gasteiger partial charge in [0.15, 0.2) is 5.76 Å². The number of hydrogen-bond acceptors (Lipinski definition) is 3. The molecule has 0 aliphatic carbocycles. The number of rotatable bonds is 6. The predicted octanol–water partition coefficient (Wildman–Crippen LogP) is 3.40. The molecule has 1 amide bonds. The van der Waals surface area contributed by atoms with E-state index in [4.69, 9.17) is 9.52 Å². The fourth-order valence-electron chi connectivity index (χ4n) is 2.60. The van der Waals surface area contributed by atoms with E-state index in [0.717, 1.165) is 22.5 Å². The van der Waals surface area contributed by atoms with Crippen molar-refractivity contribution in [1.29, 1.82) is 0 Å². The average Bonchev–Trinajstić information content (AvgIpc) is 2.88. The maximum atomic E-state index is 12.4. The van der Waals surface area contributed by atoms with Gasteiger partial charge in [-0.05, 0) is 36.6 Å². The summed E-state index contributed by atoms with van der Waals surface area (Å²) in [5, 5.41) is 11.9. The number of carbonyl (C=O) groups is 2. The van der Waals surface area contributed by atoms with E-state index in [0.29, 0.717) is 6.42 Å². The lowest BCUT2D eigenvalue weighted by Gasteiger charge is -2.18. The third-order valence-electron chi connectivity index (χ3n) is 3.81. The summed E-state index contributed by atoms with van der Waals surface area (Å²) in [6.45, 7) is 5.73. The first-order valence-corrected chi connectivity index (χ1v) is 7.59. The highest BCUT2D eigenvalue weighted by Gasteiger charge is 2.22. The summed E-state index contributed by atoms with van der Waals surface area (Å²) in [6, 6.07) is 8.51. The molecule has 0 radical (unpaired) electrons. The van der Waals surface area contributed by atoms with E-state index in [-0.39, 0.29) is 12.2 Å². The van der Waals surface area contributed by atoms with Crippen LogP contribution in [0.2, 0.25) is 0 Å². The first-order valence-electron chi connectivity index (χ1n) is 7.59. The SMILES string of the molecule is CCc1oc(C(=O)NC(CC(=O)O)c2ccccc2C)cc1C. The van der Waals surface area contributed by atoms with Crippen LogP contribution in [0.25, 0.3) is 0 Å². The molecule has 0 bridgehead atoms. The van der Waals surface area contributed by atoms with Crippen LogP contribution in [0.5, 0.6) is 0 Å². The fraction of sp³-hybridized carbons (Fsp3) is 0.333. The number of amides is 1. The Morgan fingerprint density at radius 3 is 2.48 bits per heavy atom. The van der Waals surface area contributed by atoms with Crippen molar-refractivity contribution in [2.45, 2.75) is 39.7 Å². The van der Waals surface area contributed by atoms with Crippen LogP contribution in [0.1, 0.15) is 52.4 Å². The molecule has 0 spiro atoms. The molecule has 0 aliphatic rings. The maximum absolute atomic E-state index is 12.4. The van der Waals surface area contributed by atoms with E-state index in [1.165, 1.54) is 0 Å². The highest BCUT2D eigenvalue weighted by atomic mass is 16.4. The molecule has 1 unspecified atom stereocenters. The van der Waals surface area contributed by atoms with E-state index in [1.54, 1.807) is 6.07 Å². The van der Waals surface area contributed by atoms with Gasteiger partial charge in [-0.15, -0.1) is 0 Å². The maximum Gasteiger partial charge on any atom is 0.305 e. The molecule has 0 aliphatic heterocycles. The standard InChI is InChI=1S/C18H21NO4/c1-4-15-12(3)9-16(23-15)18(22)19-14(10-17(20)21)13-8-6-5-7-11(13)2/h5-9,14H,4,10H2,1-3H3,(H,19,22)(H,20,21). The third-order valence-corrected chi connectivity index (χ3v) is 3.81. The van der Waals surface area contributed by atoms with Crippen molar-refractivity contribution in [2.24, 2.45) is 0 Å². The van der Waals surface area contributed by atoms with Gasteiger partial charge in [-0.1, -0.05) is 31.2 Å². The first kappa shape index (κ1) is 16.8. The molecule has 0 saturated carbocycles. The quantitative estimate of drug-likeness (QED) is 0.856. The van der Waals surface area contributed by atoms with Gasteiger partial charge in [-0.2, -0.15) is 0 Å². The number of carboxylic acids is 1. The molecule has 1 heterocycles. The zero-order chi connectivity index (χ0) is 17.0. The van der Waals surface area contributed by atoms with Crippen LogP contribution in [-0.2, 0) is 11.2 Å². The number of aryl methyl sites for hydroxylation is 3. The van der Waals surface area contributed by atoms with Crippen LogP contribution >= 0.6 is 0 Å². The number of furan rings is 1. The largest absolute Gasteiger partial charge is 0.481 e. The monoisotopic (exact) mass is 315 g/mol. The van der Waals surface area contributed by atoms with Crippen molar-refractivity contribution in [1.82, 2.24) is 5.32 Å². The Morgan fingerprint density at radius 1 is 1.22 bits per heavy atom. The van der Waals surface area contributed by atoms with Gasteiger partial charge in [0.2, 0.25) is 0 Å². The van der Waals surface area contributed by atoms with Gasteiger partial charge in [0.1, 0.15) is 5.76 Å². The lowest BCUT2D eigenvalue weighted by molar-refractivity contribution is -0.137. The minimum atomic E-state index is -0.969.